The van der Waals surface area contributed by atoms with Crippen LogP contribution in [0.25, 0.3) is 10.8 Å². The summed E-state index contributed by atoms with van der Waals surface area (Å²) >= 11 is 1.56. The van der Waals surface area contributed by atoms with Crippen LogP contribution in [-0.2, 0) is 4.79 Å². The molecule has 0 aromatic heterocycles. The van der Waals surface area contributed by atoms with E-state index in [0.717, 1.165) is 26.6 Å². The van der Waals surface area contributed by atoms with Gasteiger partial charge in [-0.2, -0.15) is 0 Å². The number of rotatable bonds is 2. The zero-order chi connectivity index (χ0) is 20.0. The Bertz CT molecular complexity index is 1250. The van der Waals surface area contributed by atoms with E-state index in [4.69, 9.17) is 0 Å². The van der Waals surface area contributed by atoms with Crippen molar-refractivity contribution in [3.05, 3.63) is 78.9 Å². The number of fused-ring (bicyclic) bond motifs is 4. The van der Waals surface area contributed by atoms with Gasteiger partial charge in [0.05, 0.1) is 16.3 Å². The molecule has 5 heteroatoms. The zero-order valence-electron chi connectivity index (χ0n) is 15.7. The third kappa shape index (κ3) is 2.82. The molecule has 0 saturated carbocycles. The molecule has 0 saturated heterocycles. The van der Waals surface area contributed by atoms with Crippen molar-refractivity contribution in [2.24, 2.45) is 0 Å². The maximum Gasteiger partial charge on any atom is 0.228 e. The molecule has 2 N–H and O–H groups in total. The number of phenols is 1. The smallest absolute Gasteiger partial charge is 0.228 e. The molecule has 1 aliphatic rings. The van der Waals surface area contributed by atoms with Crippen LogP contribution in [0.5, 0.6) is 5.75 Å². The number of hydrogen-bond donors (Lipinski definition) is 2. The van der Waals surface area contributed by atoms with Gasteiger partial charge < -0.3 is 10.4 Å². The van der Waals surface area contributed by atoms with Gasteiger partial charge in [0.15, 0.2) is 0 Å². The number of anilines is 4. The van der Waals surface area contributed by atoms with E-state index in [2.05, 4.69) is 5.32 Å². The van der Waals surface area contributed by atoms with Crippen molar-refractivity contribution in [2.75, 3.05) is 10.2 Å². The van der Waals surface area contributed by atoms with Gasteiger partial charge in [0, 0.05) is 28.3 Å². The number of benzene rings is 4. The number of nitrogens with zero attached hydrogens (tertiary/aromatic N) is 1. The Balaban J connectivity index is 1.85. The molecule has 29 heavy (non-hydrogen) atoms. The Labute approximate surface area is 172 Å². The summed E-state index contributed by atoms with van der Waals surface area (Å²) in [6, 6.07) is 25.2. The quantitative estimate of drug-likeness (QED) is 0.336. The van der Waals surface area contributed by atoms with Crippen molar-refractivity contribution in [3.8, 4) is 5.75 Å². The van der Waals surface area contributed by atoms with Gasteiger partial charge in [0.25, 0.3) is 0 Å². The van der Waals surface area contributed by atoms with E-state index in [1.54, 1.807) is 16.7 Å². The Hall–Kier alpha value is -3.44. The first-order valence-electron chi connectivity index (χ1n) is 9.32. The fourth-order valence-electron chi connectivity index (χ4n) is 3.76. The van der Waals surface area contributed by atoms with Crippen molar-refractivity contribution in [1.82, 2.24) is 0 Å². The van der Waals surface area contributed by atoms with Crippen LogP contribution in [0.2, 0.25) is 0 Å². The number of nitrogens with one attached hydrogen (secondary N) is 1. The standard InChI is InChI=1S/C24H18N2O2S/c1-15(27)26(16-9-3-2-4-10-16)22-23(28)18-12-6-5-11-17(18)21-24(22)29-20-14-8-7-13-19(20)25-21/h2-14,25,28H,1H3. The number of carbonyl (C=O) groups excluding carboxylic acids is 1. The molecule has 0 spiro atoms. The molecule has 5 rings (SSSR count). The van der Waals surface area contributed by atoms with Crippen LogP contribution < -0.4 is 10.2 Å². The fourth-order valence-corrected chi connectivity index (χ4v) is 4.91. The van der Waals surface area contributed by atoms with Gasteiger partial charge in [-0.15, -0.1) is 0 Å². The molecule has 0 radical (unpaired) electrons. The summed E-state index contributed by atoms with van der Waals surface area (Å²) in [5.41, 5.74) is 3.14. The van der Waals surface area contributed by atoms with E-state index >= 15 is 0 Å². The first kappa shape index (κ1) is 17.6. The SMILES string of the molecule is CC(=O)N(c1ccccc1)c1c2c(c3ccccc3c1O)Nc1ccccc1S2. The van der Waals surface area contributed by atoms with Gasteiger partial charge in [0.2, 0.25) is 5.91 Å². The van der Waals surface area contributed by atoms with E-state index in [1.165, 1.54) is 6.92 Å². The van der Waals surface area contributed by atoms with E-state index in [-0.39, 0.29) is 11.7 Å². The van der Waals surface area contributed by atoms with E-state index in [1.807, 2.05) is 78.9 Å². The van der Waals surface area contributed by atoms with Crippen LogP contribution in [0.15, 0.2) is 88.7 Å². The van der Waals surface area contributed by atoms with Gasteiger partial charge in [-0.1, -0.05) is 66.4 Å². The third-order valence-electron chi connectivity index (χ3n) is 5.03. The van der Waals surface area contributed by atoms with Crippen LogP contribution in [0.3, 0.4) is 0 Å². The normalized spacial score (nSPS) is 12.0. The Morgan fingerprint density at radius 3 is 2.31 bits per heavy atom. The molecule has 0 fully saturated rings. The minimum absolute atomic E-state index is 0.104. The maximum atomic E-state index is 12.7. The predicted molar refractivity (Wildman–Crippen MR) is 119 cm³/mol. The van der Waals surface area contributed by atoms with Gasteiger partial charge in [0.1, 0.15) is 11.4 Å². The summed E-state index contributed by atoms with van der Waals surface area (Å²) in [7, 11) is 0. The maximum absolute atomic E-state index is 12.7. The lowest BCUT2D eigenvalue weighted by atomic mass is 10.0. The van der Waals surface area contributed by atoms with Crippen LogP contribution in [0, 0.1) is 0 Å². The summed E-state index contributed by atoms with van der Waals surface area (Å²) in [5, 5.41) is 16.4. The third-order valence-corrected chi connectivity index (χ3v) is 6.21. The molecular weight excluding hydrogens is 380 g/mol. The van der Waals surface area contributed by atoms with Gasteiger partial charge >= 0.3 is 0 Å². The molecule has 0 aliphatic carbocycles. The van der Waals surface area contributed by atoms with Crippen molar-refractivity contribution >= 4 is 51.2 Å². The monoisotopic (exact) mass is 398 g/mol. The van der Waals surface area contributed by atoms with Crippen molar-refractivity contribution < 1.29 is 9.90 Å². The molecular formula is C24H18N2O2S. The second-order valence-electron chi connectivity index (χ2n) is 6.86. The van der Waals surface area contributed by atoms with Crippen LogP contribution in [-0.4, -0.2) is 11.0 Å². The second-order valence-corrected chi connectivity index (χ2v) is 7.91. The van der Waals surface area contributed by atoms with Gasteiger partial charge in [-0.3, -0.25) is 9.69 Å². The zero-order valence-corrected chi connectivity index (χ0v) is 16.5. The Morgan fingerprint density at radius 1 is 0.897 bits per heavy atom. The number of hydrogen-bond acceptors (Lipinski definition) is 4. The largest absolute Gasteiger partial charge is 0.505 e. The first-order valence-corrected chi connectivity index (χ1v) is 10.1. The second kappa shape index (κ2) is 6.87. The lowest BCUT2D eigenvalue weighted by molar-refractivity contribution is -0.115. The Morgan fingerprint density at radius 2 is 1.55 bits per heavy atom. The van der Waals surface area contributed by atoms with E-state index in [0.29, 0.717) is 16.8 Å². The summed E-state index contributed by atoms with van der Waals surface area (Å²) in [4.78, 5) is 16.2. The lowest BCUT2D eigenvalue weighted by Gasteiger charge is -2.30. The van der Waals surface area contributed by atoms with Crippen molar-refractivity contribution in [2.45, 2.75) is 16.7 Å². The number of carbonyl (C=O) groups is 1. The van der Waals surface area contributed by atoms with E-state index < -0.39 is 0 Å². The van der Waals surface area contributed by atoms with Gasteiger partial charge in [-0.05, 0) is 24.3 Å². The fraction of sp³-hybridized carbons (Fsp3) is 0.0417. The molecule has 1 amide bonds. The molecule has 1 aliphatic heterocycles. The minimum Gasteiger partial charge on any atom is -0.505 e. The molecule has 0 atom stereocenters. The van der Waals surface area contributed by atoms with Crippen LogP contribution in [0.4, 0.5) is 22.7 Å². The molecule has 1 heterocycles. The van der Waals surface area contributed by atoms with Crippen LogP contribution in [0.1, 0.15) is 6.92 Å². The number of para-hydroxylation sites is 2. The highest BCUT2D eigenvalue weighted by Gasteiger charge is 2.30. The van der Waals surface area contributed by atoms with Crippen LogP contribution >= 0.6 is 11.8 Å². The highest BCUT2D eigenvalue weighted by molar-refractivity contribution is 8.00. The highest BCUT2D eigenvalue weighted by Crippen LogP contribution is 2.56. The molecule has 0 unspecified atom stereocenters. The summed E-state index contributed by atoms with van der Waals surface area (Å²) < 4.78 is 0. The lowest BCUT2D eigenvalue weighted by Crippen LogP contribution is -2.24. The first-order chi connectivity index (χ1) is 14.1. The number of aromatic hydroxyl groups is 1. The number of phenolic OH excluding ortho intramolecular Hbond substituents is 1. The van der Waals surface area contributed by atoms with Crippen molar-refractivity contribution in [1.29, 1.82) is 0 Å². The van der Waals surface area contributed by atoms with Gasteiger partial charge in [-0.25, -0.2) is 0 Å². The van der Waals surface area contributed by atoms with E-state index in [9.17, 15) is 9.90 Å². The Kier molecular flexibility index (Phi) is 4.18. The molecule has 4 aromatic carbocycles. The summed E-state index contributed by atoms with van der Waals surface area (Å²) in [5.74, 6) is -0.0597. The minimum atomic E-state index is -0.163. The summed E-state index contributed by atoms with van der Waals surface area (Å²) in [6.45, 7) is 1.52. The number of amides is 1. The summed E-state index contributed by atoms with van der Waals surface area (Å²) in [6.07, 6.45) is 0. The average Bonchev–Trinajstić information content (AvgIpc) is 2.76. The highest BCUT2D eigenvalue weighted by atomic mass is 32.2. The molecule has 142 valence electrons. The molecule has 4 aromatic rings. The average molecular weight is 398 g/mol. The van der Waals surface area contributed by atoms with Crippen molar-refractivity contribution in [3.63, 3.8) is 0 Å². The topological polar surface area (TPSA) is 52.6 Å². The molecule has 4 nitrogen and oxygen atoms in total. The predicted octanol–water partition coefficient (Wildman–Crippen LogP) is 6.44. The molecule has 0 bridgehead atoms.